The van der Waals surface area contributed by atoms with E-state index in [9.17, 15) is 4.39 Å². The molecule has 0 aliphatic heterocycles. The normalized spacial score (nSPS) is 14.3. The standard InChI is InChI=1S/C19H17FN2O/c1-23-18-7-6-13(20)10-15(18)14-8-9-21-19-16(14)11-17(22-19)12-4-2-3-5-12/h4,6-11H,2-3,5H2,1H3,(H,21,22). The lowest BCUT2D eigenvalue weighted by molar-refractivity contribution is 0.415. The van der Waals surface area contributed by atoms with Crippen LogP contribution in [0.15, 0.2) is 42.6 Å². The number of nitrogens with one attached hydrogen (secondary N) is 1. The summed E-state index contributed by atoms with van der Waals surface area (Å²) in [7, 11) is 1.60. The van der Waals surface area contributed by atoms with Gasteiger partial charge in [-0.3, -0.25) is 0 Å². The number of rotatable bonds is 3. The van der Waals surface area contributed by atoms with Crippen molar-refractivity contribution in [2.24, 2.45) is 0 Å². The SMILES string of the molecule is COc1ccc(F)cc1-c1ccnc2[nH]c(C3=CCCC3)cc12. The first-order valence-electron chi connectivity index (χ1n) is 7.77. The predicted octanol–water partition coefficient (Wildman–Crippen LogP) is 4.94. The Hall–Kier alpha value is -2.62. The van der Waals surface area contributed by atoms with E-state index in [0.29, 0.717) is 5.75 Å². The van der Waals surface area contributed by atoms with Crippen molar-refractivity contribution in [1.29, 1.82) is 0 Å². The molecule has 0 amide bonds. The number of aromatic amines is 1. The minimum Gasteiger partial charge on any atom is -0.496 e. The van der Waals surface area contributed by atoms with Crippen LogP contribution in [-0.2, 0) is 0 Å². The largest absolute Gasteiger partial charge is 0.496 e. The maximum Gasteiger partial charge on any atom is 0.138 e. The summed E-state index contributed by atoms with van der Waals surface area (Å²) in [6.45, 7) is 0. The van der Waals surface area contributed by atoms with Crippen LogP contribution in [0.5, 0.6) is 5.75 Å². The smallest absolute Gasteiger partial charge is 0.138 e. The molecule has 1 aliphatic carbocycles. The molecule has 0 fully saturated rings. The Labute approximate surface area is 133 Å². The van der Waals surface area contributed by atoms with Gasteiger partial charge in [-0.05, 0) is 60.7 Å². The van der Waals surface area contributed by atoms with Crippen molar-refractivity contribution in [2.45, 2.75) is 19.3 Å². The molecular formula is C19H17FN2O. The Morgan fingerprint density at radius 3 is 2.87 bits per heavy atom. The highest BCUT2D eigenvalue weighted by Crippen LogP contribution is 2.37. The number of hydrogen-bond donors (Lipinski definition) is 1. The van der Waals surface area contributed by atoms with Crippen LogP contribution in [0.2, 0.25) is 0 Å². The van der Waals surface area contributed by atoms with Crippen LogP contribution in [0.4, 0.5) is 4.39 Å². The van der Waals surface area contributed by atoms with Gasteiger partial charge in [-0.25, -0.2) is 9.37 Å². The molecule has 1 aromatic carbocycles. The summed E-state index contributed by atoms with van der Waals surface area (Å²) in [6.07, 6.45) is 7.43. The van der Waals surface area contributed by atoms with Crippen molar-refractivity contribution < 1.29 is 9.13 Å². The van der Waals surface area contributed by atoms with Gasteiger partial charge in [0.25, 0.3) is 0 Å². The predicted molar refractivity (Wildman–Crippen MR) is 89.9 cm³/mol. The van der Waals surface area contributed by atoms with E-state index >= 15 is 0 Å². The Balaban J connectivity index is 1.92. The fourth-order valence-electron chi connectivity index (χ4n) is 3.24. The average Bonchev–Trinajstić information content (AvgIpc) is 3.23. The van der Waals surface area contributed by atoms with E-state index < -0.39 is 0 Å². The first-order chi connectivity index (χ1) is 11.3. The summed E-state index contributed by atoms with van der Waals surface area (Å²) < 4.78 is 19.1. The van der Waals surface area contributed by atoms with E-state index in [0.717, 1.165) is 40.7 Å². The summed E-state index contributed by atoms with van der Waals surface area (Å²) in [4.78, 5) is 7.81. The molecule has 0 saturated heterocycles. The van der Waals surface area contributed by atoms with Crippen molar-refractivity contribution in [2.75, 3.05) is 7.11 Å². The number of ether oxygens (including phenoxy) is 1. The third-order valence-electron chi connectivity index (χ3n) is 4.37. The van der Waals surface area contributed by atoms with Crippen molar-refractivity contribution in [1.82, 2.24) is 9.97 Å². The van der Waals surface area contributed by atoms with E-state index in [-0.39, 0.29) is 5.82 Å². The zero-order valence-electron chi connectivity index (χ0n) is 12.9. The van der Waals surface area contributed by atoms with Crippen LogP contribution in [0.25, 0.3) is 27.7 Å². The number of H-pyrrole nitrogens is 1. The highest BCUT2D eigenvalue weighted by molar-refractivity contribution is 5.96. The molecule has 2 aromatic heterocycles. The highest BCUT2D eigenvalue weighted by atomic mass is 19.1. The Morgan fingerprint density at radius 1 is 1.17 bits per heavy atom. The molecule has 0 atom stereocenters. The molecule has 2 heterocycles. The number of allylic oxidation sites excluding steroid dienone is 2. The molecule has 4 heteroatoms. The number of fused-ring (bicyclic) bond motifs is 1. The lowest BCUT2D eigenvalue weighted by atomic mass is 10.0. The molecule has 3 aromatic rings. The first-order valence-corrected chi connectivity index (χ1v) is 7.77. The lowest BCUT2D eigenvalue weighted by Gasteiger charge is -2.09. The second-order valence-electron chi connectivity index (χ2n) is 5.77. The number of nitrogens with zero attached hydrogens (tertiary/aromatic N) is 1. The monoisotopic (exact) mass is 308 g/mol. The van der Waals surface area contributed by atoms with Crippen LogP contribution < -0.4 is 4.74 Å². The van der Waals surface area contributed by atoms with Crippen LogP contribution in [0.1, 0.15) is 25.0 Å². The molecule has 3 nitrogen and oxygen atoms in total. The van der Waals surface area contributed by atoms with E-state index in [1.165, 1.54) is 24.1 Å². The summed E-state index contributed by atoms with van der Waals surface area (Å²) in [6, 6.07) is 8.59. The number of hydrogen-bond acceptors (Lipinski definition) is 2. The molecule has 1 N–H and O–H groups in total. The van der Waals surface area contributed by atoms with E-state index in [1.807, 2.05) is 6.07 Å². The minimum atomic E-state index is -0.278. The molecule has 116 valence electrons. The van der Waals surface area contributed by atoms with Crippen molar-refractivity contribution in [3.63, 3.8) is 0 Å². The van der Waals surface area contributed by atoms with Gasteiger partial charge in [-0.2, -0.15) is 0 Å². The van der Waals surface area contributed by atoms with Gasteiger partial charge < -0.3 is 9.72 Å². The number of aromatic nitrogens is 2. The van der Waals surface area contributed by atoms with Gasteiger partial charge in [-0.15, -0.1) is 0 Å². The molecule has 0 bridgehead atoms. The molecule has 0 unspecified atom stereocenters. The van der Waals surface area contributed by atoms with Gasteiger partial charge in [0.2, 0.25) is 0 Å². The molecule has 23 heavy (non-hydrogen) atoms. The fourth-order valence-corrected chi connectivity index (χ4v) is 3.24. The zero-order valence-corrected chi connectivity index (χ0v) is 12.9. The number of pyridine rings is 1. The number of benzene rings is 1. The maximum absolute atomic E-state index is 13.7. The topological polar surface area (TPSA) is 37.9 Å². The van der Waals surface area contributed by atoms with Crippen molar-refractivity contribution >= 4 is 16.6 Å². The molecule has 4 rings (SSSR count). The Bertz CT molecular complexity index is 911. The first kappa shape index (κ1) is 14.0. The third kappa shape index (κ3) is 2.40. The van der Waals surface area contributed by atoms with Crippen molar-refractivity contribution in [3.05, 3.63) is 54.1 Å². The van der Waals surface area contributed by atoms with Crippen LogP contribution in [0.3, 0.4) is 0 Å². The van der Waals surface area contributed by atoms with Crippen LogP contribution in [-0.4, -0.2) is 17.1 Å². The molecule has 0 radical (unpaired) electrons. The van der Waals surface area contributed by atoms with Crippen LogP contribution in [0, 0.1) is 5.82 Å². The second kappa shape index (κ2) is 5.54. The maximum atomic E-state index is 13.7. The van der Waals surface area contributed by atoms with Gasteiger partial charge in [-0.1, -0.05) is 6.08 Å². The second-order valence-corrected chi connectivity index (χ2v) is 5.77. The van der Waals surface area contributed by atoms with Gasteiger partial charge >= 0.3 is 0 Å². The van der Waals surface area contributed by atoms with Gasteiger partial charge in [0, 0.05) is 22.8 Å². The summed E-state index contributed by atoms with van der Waals surface area (Å²) in [5.41, 5.74) is 4.92. The molecule has 0 saturated carbocycles. The molecule has 0 spiro atoms. The summed E-state index contributed by atoms with van der Waals surface area (Å²) >= 11 is 0. The van der Waals surface area contributed by atoms with Crippen molar-refractivity contribution in [3.8, 4) is 16.9 Å². The van der Waals surface area contributed by atoms with E-state index in [1.54, 1.807) is 19.4 Å². The minimum absolute atomic E-state index is 0.278. The zero-order chi connectivity index (χ0) is 15.8. The summed E-state index contributed by atoms with van der Waals surface area (Å²) in [5, 5.41) is 0.985. The third-order valence-corrected chi connectivity index (χ3v) is 4.37. The molecule has 1 aliphatic rings. The number of methoxy groups -OCH3 is 1. The Morgan fingerprint density at radius 2 is 2.09 bits per heavy atom. The number of halogens is 1. The summed E-state index contributed by atoms with van der Waals surface area (Å²) in [5.74, 6) is 0.377. The van der Waals surface area contributed by atoms with Gasteiger partial charge in [0.15, 0.2) is 0 Å². The van der Waals surface area contributed by atoms with Gasteiger partial charge in [0.05, 0.1) is 7.11 Å². The van der Waals surface area contributed by atoms with E-state index in [2.05, 4.69) is 22.1 Å². The molecular weight excluding hydrogens is 291 g/mol. The Kier molecular flexibility index (Phi) is 3.37. The highest BCUT2D eigenvalue weighted by Gasteiger charge is 2.15. The van der Waals surface area contributed by atoms with Crippen LogP contribution >= 0.6 is 0 Å². The fraction of sp³-hybridized carbons (Fsp3) is 0.211. The lowest BCUT2D eigenvalue weighted by Crippen LogP contribution is -1.90. The van der Waals surface area contributed by atoms with E-state index in [4.69, 9.17) is 4.74 Å². The average molecular weight is 308 g/mol. The quantitative estimate of drug-likeness (QED) is 0.744. The van der Waals surface area contributed by atoms with Gasteiger partial charge in [0.1, 0.15) is 17.2 Å².